The fourth-order valence-electron chi connectivity index (χ4n) is 1.89. The molecule has 1 aliphatic heterocycles. The van der Waals surface area contributed by atoms with E-state index < -0.39 is 0 Å². The number of carbonyl (C=O) groups is 2. The van der Waals surface area contributed by atoms with Gasteiger partial charge in [0.05, 0.1) is 0 Å². The monoisotopic (exact) mass is 296 g/mol. The molecule has 0 aromatic heterocycles. The molecule has 0 saturated carbocycles. The van der Waals surface area contributed by atoms with Crippen LogP contribution in [0.2, 0.25) is 0 Å². The van der Waals surface area contributed by atoms with Crippen LogP contribution in [0.5, 0.6) is 0 Å². The molecule has 2 amide bonds. The SMILES string of the molecule is CC(=O)N1CCCN1C(=O)c1ccc(Br)cc1. The van der Waals surface area contributed by atoms with Crippen molar-refractivity contribution in [3.8, 4) is 0 Å². The van der Waals surface area contributed by atoms with Gasteiger partial charge in [0.1, 0.15) is 0 Å². The number of nitrogens with zero attached hydrogens (tertiary/aromatic N) is 2. The number of hydrogen-bond donors (Lipinski definition) is 0. The normalized spacial score (nSPS) is 15.2. The number of benzene rings is 1. The van der Waals surface area contributed by atoms with Crippen molar-refractivity contribution in [3.05, 3.63) is 34.3 Å². The lowest BCUT2D eigenvalue weighted by molar-refractivity contribution is -0.137. The minimum absolute atomic E-state index is 0.0899. The fourth-order valence-corrected chi connectivity index (χ4v) is 2.16. The highest BCUT2D eigenvalue weighted by Crippen LogP contribution is 2.17. The lowest BCUT2D eigenvalue weighted by Crippen LogP contribution is -2.43. The van der Waals surface area contributed by atoms with Gasteiger partial charge in [0.25, 0.3) is 5.91 Å². The van der Waals surface area contributed by atoms with Gasteiger partial charge in [-0.2, -0.15) is 0 Å². The van der Waals surface area contributed by atoms with Gasteiger partial charge < -0.3 is 0 Å². The Morgan fingerprint density at radius 1 is 1.12 bits per heavy atom. The zero-order chi connectivity index (χ0) is 12.4. The number of carbonyl (C=O) groups excluding carboxylic acids is 2. The molecule has 1 aromatic rings. The van der Waals surface area contributed by atoms with E-state index >= 15 is 0 Å². The largest absolute Gasteiger partial charge is 0.273 e. The second-order valence-corrected chi connectivity index (χ2v) is 4.85. The van der Waals surface area contributed by atoms with Crippen LogP contribution in [0.1, 0.15) is 23.7 Å². The van der Waals surface area contributed by atoms with Crippen molar-refractivity contribution in [2.45, 2.75) is 13.3 Å². The minimum Gasteiger partial charge on any atom is -0.273 e. The van der Waals surface area contributed by atoms with Gasteiger partial charge >= 0.3 is 0 Å². The van der Waals surface area contributed by atoms with E-state index in [0.29, 0.717) is 18.7 Å². The van der Waals surface area contributed by atoms with E-state index in [1.807, 2.05) is 12.1 Å². The van der Waals surface area contributed by atoms with Gasteiger partial charge in [-0.25, -0.2) is 5.01 Å². The van der Waals surface area contributed by atoms with E-state index in [9.17, 15) is 9.59 Å². The van der Waals surface area contributed by atoms with E-state index in [1.165, 1.54) is 16.9 Å². The summed E-state index contributed by atoms with van der Waals surface area (Å²) in [5, 5.41) is 3.02. The second kappa shape index (κ2) is 4.87. The average Bonchev–Trinajstić information content (AvgIpc) is 2.78. The average molecular weight is 297 g/mol. The standard InChI is InChI=1S/C12H13BrN2O2/c1-9(16)14-7-2-8-15(14)12(17)10-3-5-11(13)6-4-10/h3-6H,2,7-8H2,1H3. The summed E-state index contributed by atoms with van der Waals surface area (Å²) in [4.78, 5) is 23.6. The summed E-state index contributed by atoms with van der Waals surface area (Å²) in [6.07, 6.45) is 0.835. The zero-order valence-electron chi connectivity index (χ0n) is 9.52. The first kappa shape index (κ1) is 12.1. The first-order chi connectivity index (χ1) is 8.09. The maximum absolute atomic E-state index is 12.2. The summed E-state index contributed by atoms with van der Waals surface area (Å²) in [5.41, 5.74) is 0.598. The Hall–Kier alpha value is -1.36. The van der Waals surface area contributed by atoms with Crippen LogP contribution in [-0.4, -0.2) is 34.9 Å². The van der Waals surface area contributed by atoms with Crippen LogP contribution in [-0.2, 0) is 4.79 Å². The molecule has 0 radical (unpaired) electrons. The summed E-state index contributed by atoms with van der Waals surface area (Å²) < 4.78 is 0.930. The van der Waals surface area contributed by atoms with Gasteiger partial charge in [-0.3, -0.25) is 14.6 Å². The molecule has 1 aliphatic rings. The third kappa shape index (κ3) is 2.49. The van der Waals surface area contributed by atoms with Crippen LogP contribution in [0.25, 0.3) is 0 Å². The molecule has 17 heavy (non-hydrogen) atoms. The topological polar surface area (TPSA) is 40.6 Å². The smallest absolute Gasteiger partial charge is 0.272 e. The van der Waals surface area contributed by atoms with Crippen molar-refractivity contribution in [3.63, 3.8) is 0 Å². The van der Waals surface area contributed by atoms with Crippen molar-refractivity contribution < 1.29 is 9.59 Å². The Bertz CT molecular complexity index is 444. The fraction of sp³-hybridized carbons (Fsp3) is 0.333. The number of hydrazine groups is 1. The molecular formula is C12H13BrN2O2. The van der Waals surface area contributed by atoms with Crippen molar-refractivity contribution in [2.75, 3.05) is 13.1 Å². The van der Waals surface area contributed by atoms with Crippen molar-refractivity contribution >= 4 is 27.7 Å². The minimum atomic E-state index is -0.120. The van der Waals surface area contributed by atoms with Crippen LogP contribution in [0.4, 0.5) is 0 Å². The quantitative estimate of drug-likeness (QED) is 0.796. The van der Waals surface area contributed by atoms with Crippen LogP contribution < -0.4 is 0 Å². The molecule has 0 atom stereocenters. The van der Waals surface area contributed by atoms with Crippen LogP contribution in [0.15, 0.2) is 28.7 Å². The molecule has 1 fully saturated rings. The molecule has 90 valence electrons. The third-order valence-electron chi connectivity index (χ3n) is 2.72. The summed E-state index contributed by atoms with van der Waals surface area (Å²) in [6, 6.07) is 7.15. The molecule has 0 unspecified atom stereocenters. The highest BCUT2D eigenvalue weighted by atomic mass is 79.9. The van der Waals surface area contributed by atoms with Gasteiger partial charge in [0.15, 0.2) is 0 Å². The van der Waals surface area contributed by atoms with Crippen LogP contribution >= 0.6 is 15.9 Å². The highest BCUT2D eigenvalue weighted by molar-refractivity contribution is 9.10. The Balaban J connectivity index is 2.19. The predicted octanol–water partition coefficient (Wildman–Crippen LogP) is 2.06. The maximum Gasteiger partial charge on any atom is 0.272 e. The van der Waals surface area contributed by atoms with E-state index in [-0.39, 0.29) is 11.8 Å². The van der Waals surface area contributed by atoms with E-state index in [4.69, 9.17) is 0 Å². The Labute approximate surface area is 108 Å². The molecule has 0 bridgehead atoms. The molecule has 5 heteroatoms. The summed E-state index contributed by atoms with van der Waals surface area (Å²) in [5.74, 6) is -0.210. The highest BCUT2D eigenvalue weighted by Gasteiger charge is 2.29. The summed E-state index contributed by atoms with van der Waals surface area (Å²) in [6.45, 7) is 2.71. The Morgan fingerprint density at radius 2 is 1.71 bits per heavy atom. The first-order valence-corrected chi connectivity index (χ1v) is 6.24. The molecular weight excluding hydrogens is 284 g/mol. The van der Waals surface area contributed by atoms with Crippen LogP contribution in [0, 0.1) is 0 Å². The lowest BCUT2D eigenvalue weighted by Gasteiger charge is -2.26. The third-order valence-corrected chi connectivity index (χ3v) is 3.25. The molecule has 0 spiro atoms. The molecule has 0 N–H and O–H groups in total. The van der Waals surface area contributed by atoms with Crippen molar-refractivity contribution in [1.29, 1.82) is 0 Å². The molecule has 1 heterocycles. The second-order valence-electron chi connectivity index (χ2n) is 3.93. The van der Waals surface area contributed by atoms with Gasteiger partial charge in [-0.05, 0) is 30.7 Å². The lowest BCUT2D eigenvalue weighted by atomic mass is 10.2. The summed E-state index contributed by atoms with van der Waals surface area (Å²) >= 11 is 3.32. The summed E-state index contributed by atoms with van der Waals surface area (Å²) in [7, 11) is 0. The Morgan fingerprint density at radius 3 is 2.29 bits per heavy atom. The molecule has 1 saturated heterocycles. The molecule has 1 aromatic carbocycles. The van der Waals surface area contributed by atoms with E-state index in [1.54, 1.807) is 12.1 Å². The van der Waals surface area contributed by atoms with Crippen LogP contribution in [0.3, 0.4) is 0 Å². The number of amides is 2. The number of rotatable bonds is 1. The maximum atomic E-state index is 12.2. The van der Waals surface area contributed by atoms with Crippen molar-refractivity contribution in [1.82, 2.24) is 10.0 Å². The van der Waals surface area contributed by atoms with Gasteiger partial charge in [0, 0.05) is 30.0 Å². The number of halogens is 1. The van der Waals surface area contributed by atoms with E-state index in [2.05, 4.69) is 15.9 Å². The Kier molecular flexibility index (Phi) is 3.47. The van der Waals surface area contributed by atoms with Gasteiger partial charge in [0.2, 0.25) is 5.91 Å². The van der Waals surface area contributed by atoms with E-state index in [0.717, 1.165) is 10.9 Å². The molecule has 0 aliphatic carbocycles. The predicted molar refractivity (Wildman–Crippen MR) is 67.2 cm³/mol. The van der Waals surface area contributed by atoms with Gasteiger partial charge in [-0.15, -0.1) is 0 Å². The van der Waals surface area contributed by atoms with Crippen molar-refractivity contribution in [2.24, 2.45) is 0 Å². The number of hydrogen-bond acceptors (Lipinski definition) is 2. The zero-order valence-corrected chi connectivity index (χ0v) is 11.1. The van der Waals surface area contributed by atoms with Gasteiger partial charge in [-0.1, -0.05) is 15.9 Å². The molecule has 2 rings (SSSR count). The molecule has 4 nitrogen and oxygen atoms in total. The first-order valence-electron chi connectivity index (χ1n) is 5.45.